The summed E-state index contributed by atoms with van der Waals surface area (Å²) >= 11 is 0. The lowest BCUT2D eigenvalue weighted by Crippen LogP contribution is -2.36. The highest BCUT2D eigenvalue weighted by atomic mass is 19.4. The van der Waals surface area contributed by atoms with Gasteiger partial charge in [-0.15, -0.1) is 13.2 Å². The Morgan fingerprint density at radius 1 is 1.16 bits per heavy atom. The quantitative estimate of drug-likeness (QED) is 0.728. The molecule has 0 aliphatic carbocycles. The van der Waals surface area contributed by atoms with Crippen molar-refractivity contribution in [2.45, 2.75) is 26.6 Å². The first kappa shape index (κ1) is 20.6. The van der Waals surface area contributed by atoms with Gasteiger partial charge in [-0.25, -0.2) is 4.79 Å². The standard InChI is InChI=1S/C16H21F3N2O4/c1-10(2)8-11(14(22)24-3)9-20-15(23)21-12-4-6-13(7-5-12)25-16(17,18)19/h4-7,10-11H,8-9H2,1-3H3,(H2,20,21,23). The van der Waals surface area contributed by atoms with Crippen LogP contribution in [0.5, 0.6) is 5.75 Å². The molecule has 0 fully saturated rings. The Morgan fingerprint density at radius 3 is 2.24 bits per heavy atom. The molecule has 0 aliphatic heterocycles. The third-order valence-corrected chi connectivity index (χ3v) is 3.15. The topological polar surface area (TPSA) is 76.7 Å². The van der Waals surface area contributed by atoms with Crippen molar-refractivity contribution < 1.29 is 32.2 Å². The van der Waals surface area contributed by atoms with Crippen molar-refractivity contribution >= 4 is 17.7 Å². The summed E-state index contributed by atoms with van der Waals surface area (Å²) in [5.74, 6) is -1.03. The maximum absolute atomic E-state index is 12.1. The molecule has 0 aliphatic rings. The number of esters is 1. The summed E-state index contributed by atoms with van der Waals surface area (Å²) in [6.45, 7) is 3.98. The van der Waals surface area contributed by atoms with Crippen molar-refractivity contribution in [1.29, 1.82) is 0 Å². The van der Waals surface area contributed by atoms with Gasteiger partial charge in [-0.05, 0) is 36.6 Å². The molecule has 0 saturated heterocycles. The number of amides is 2. The van der Waals surface area contributed by atoms with E-state index in [9.17, 15) is 22.8 Å². The third kappa shape index (κ3) is 8.27. The summed E-state index contributed by atoms with van der Waals surface area (Å²) in [6, 6.07) is 4.12. The number of halogens is 3. The molecule has 1 rings (SSSR count). The van der Waals surface area contributed by atoms with E-state index in [-0.39, 0.29) is 23.9 Å². The molecule has 0 aromatic heterocycles. The SMILES string of the molecule is COC(=O)C(CNC(=O)Nc1ccc(OC(F)(F)F)cc1)CC(C)C. The van der Waals surface area contributed by atoms with Gasteiger partial charge in [0, 0.05) is 12.2 Å². The van der Waals surface area contributed by atoms with Crippen LogP contribution in [0.1, 0.15) is 20.3 Å². The van der Waals surface area contributed by atoms with Crippen LogP contribution in [0.15, 0.2) is 24.3 Å². The van der Waals surface area contributed by atoms with Crippen LogP contribution in [-0.2, 0) is 9.53 Å². The average molecular weight is 362 g/mol. The smallest absolute Gasteiger partial charge is 0.469 e. The van der Waals surface area contributed by atoms with E-state index >= 15 is 0 Å². The maximum atomic E-state index is 12.1. The molecule has 0 saturated carbocycles. The van der Waals surface area contributed by atoms with E-state index in [0.717, 1.165) is 12.1 Å². The van der Waals surface area contributed by atoms with E-state index in [1.54, 1.807) is 0 Å². The first-order chi connectivity index (χ1) is 11.6. The van der Waals surface area contributed by atoms with Gasteiger partial charge in [-0.2, -0.15) is 0 Å². The highest BCUT2D eigenvalue weighted by Crippen LogP contribution is 2.23. The molecular formula is C16H21F3N2O4. The average Bonchev–Trinajstić information content (AvgIpc) is 2.50. The van der Waals surface area contributed by atoms with Crippen LogP contribution in [0.2, 0.25) is 0 Å². The second kappa shape index (κ2) is 9.14. The Labute approximate surface area is 143 Å². The lowest BCUT2D eigenvalue weighted by molar-refractivity contribution is -0.274. The van der Waals surface area contributed by atoms with Gasteiger partial charge in [0.1, 0.15) is 5.75 Å². The molecule has 0 radical (unpaired) electrons. The number of methoxy groups -OCH3 is 1. The Hall–Kier alpha value is -2.45. The van der Waals surface area contributed by atoms with Gasteiger partial charge in [0.15, 0.2) is 0 Å². The van der Waals surface area contributed by atoms with E-state index in [2.05, 4.69) is 15.4 Å². The number of ether oxygens (including phenoxy) is 2. The third-order valence-electron chi connectivity index (χ3n) is 3.15. The van der Waals surface area contributed by atoms with Crippen molar-refractivity contribution in [2.24, 2.45) is 11.8 Å². The Bertz CT molecular complexity index is 574. The fourth-order valence-corrected chi connectivity index (χ4v) is 2.13. The van der Waals surface area contributed by atoms with Gasteiger partial charge < -0.3 is 20.1 Å². The first-order valence-corrected chi connectivity index (χ1v) is 7.59. The lowest BCUT2D eigenvalue weighted by atomic mass is 9.97. The molecule has 1 aromatic rings. The number of benzene rings is 1. The molecule has 1 atom stereocenters. The molecule has 0 bridgehead atoms. The zero-order valence-corrected chi connectivity index (χ0v) is 14.1. The predicted octanol–water partition coefficient (Wildman–Crippen LogP) is 3.54. The largest absolute Gasteiger partial charge is 0.573 e. The second-order valence-corrected chi connectivity index (χ2v) is 5.76. The van der Waals surface area contributed by atoms with Crippen molar-refractivity contribution in [3.63, 3.8) is 0 Å². The second-order valence-electron chi connectivity index (χ2n) is 5.76. The summed E-state index contributed by atoms with van der Waals surface area (Å²) in [7, 11) is 1.28. The van der Waals surface area contributed by atoms with Crippen LogP contribution < -0.4 is 15.4 Å². The lowest BCUT2D eigenvalue weighted by Gasteiger charge is -2.17. The van der Waals surface area contributed by atoms with E-state index in [1.807, 2.05) is 13.8 Å². The summed E-state index contributed by atoms with van der Waals surface area (Å²) in [4.78, 5) is 23.5. The van der Waals surface area contributed by atoms with Crippen LogP contribution in [0, 0.1) is 11.8 Å². The minimum absolute atomic E-state index is 0.0892. The number of carbonyl (C=O) groups excluding carboxylic acids is 2. The molecule has 2 amide bonds. The number of hydrogen-bond acceptors (Lipinski definition) is 4. The summed E-state index contributed by atoms with van der Waals surface area (Å²) in [6.07, 6.45) is -4.22. The van der Waals surface area contributed by atoms with Gasteiger partial charge in [-0.3, -0.25) is 4.79 Å². The van der Waals surface area contributed by atoms with E-state index in [0.29, 0.717) is 6.42 Å². The molecule has 0 spiro atoms. The summed E-state index contributed by atoms with van der Waals surface area (Å²) < 4.78 is 44.7. The zero-order chi connectivity index (χ0) is 19.0. The van der Waals surface area contributed by atoms with Crippen LogP contribution in [0.3, 0.4) is 0 Å². The van der Waals surface area contributed by atoms with E-state index in [1.165, 1.54) is 19.2 Å². The fraction of sp³-hybridized carbons (Fsp3) is 0.500. The van der Waals surface area contributed by atoms with Crippen molar-refractivity contribution in [2.75, 3.05) is 19.0 Å². The number of anilines is 1. The molecular weight excluding hydrogens is 341 g/mol. The van der Waals surface area contributed by atoms with Gasteiger partial charge >= 0.3 is 18.4 Å². The monoisotopic (exact) mass is 362 g/mol. The van der Waals surface area contributed by atoms with Crippen LogP contribution in [0.4, 0.5) is 23.7 Å². The van der Waals surface area contributed by atoms with Crippen LogP contribution in [-0.4, -0.2) is 32.0 Å². The first-order valence-electron chi connectivity index (χ1n) is 7.59. The highest BCUT2D eigenvalue weighted by Gasteiger charge is 2.31. The highest BCUT2D eigenvalue weighted by molar-refractivity contribution is 5.89. The Kier molecular flexibility index (Phi) is 7.53. The normalized spacial score (nSPS) is 12.4. The maximum Gasteiger partial charge on any atom is 0.573 e. The molecule has 6 nitrogen and oxygen atoms in total. The molecule has 1 unspecified atom stereocenters. The molecule has 25 heavy (non-hydrogen) atoms. The Morgan fingerprint density at radius 2 is 1.76 bits per heavy atom. The van der Waals surface area contributed by atoms with Crippen LogP contribution in [0.25, 0.3) is 0 Å². The molecule has 9 heteroatoms. The van der Waals surface area contributed by atoms with Gasteiger partial charge in [0.05, 0.1) is 13.0 Å². The van der Waals surface area contributed by atoms with E-state index < -0.39 is 24.3 Å². The van der Waals surface area contributed by atoms with Gasteiger partial charge in [0.2, 0.25) is 0 Å². The van der Waals surface area contributed by atoms with E-state index in [4.69, 9.17) is 4.74 Å². The zero-order valence-electron chi connectivity index (χ0n) is 14.1. The van der Waals surface area contributed by atoms with Gasteiger partial charge in [0.25, 0.3) is 0 Å². The fourth-order valence-electron chi connectivity index (χ4n) is 2.13. The molecule has 2 N–H and O–H groups in total. The summed E-state index contributed by atoms with van der Waals surface area (Å²) in [5.41, 5.74) is 0.283. The predicted molar refractivity (Wildman–Crippen MR) is 85.1 cm³/mol. The molecule has 140 valence electrons. The minimum atomic E-state index is -4.77. The van der Waals surface area contributed by atoms with Crippen molar-refractivity contribution in [1.82, 2.24) is 5.32 Å². The molecule has 1 aromatic carbocycles. The van der Waals surface area contributed by atoms with Crippen molar-refractivity contribution in [3.8, 4) is 5.75 Å². The number of carbonyl (C=O) groups is 2. The van der Waals surface area contributed by atoms with Crippen molar-refractivity contribution in [3.05, 3.63) is 24.3 Å². The van der Waals surface area contributed by atoms with Crippen LogP contribution >= 0.6 is 0 Å². The minimum Gasteiger partial charge on any atom is -0.469 e. The molecule has 0 heterocycles. The number of alkyl halides is 3. The summed E-state index contributed by atoms with van der Waals surface area (Å²) in [5, 5.41) is 5.00. The Balaban J connectivity index is 2.54. The number of nitrogens with one attached hydrogen (secondary N) is 2. The number of urea groups is 1. The number of hydrogen-bond donors (Lipinski definition) is 2. The number of rotatable bonds is 7. The van der Waals surface area contributed by atoms with Gasteiger partial charge in [-0.1, -0.05) is 13.8 Å².